The maximum atomic E-state index is 2.58. The summed E-state index contributed by atoms with van der Waals surface area (Å²) in [6.45, 7) is 4.23. The number of rotatable bonds is 0. The third kappa shape index (κ3) is 1.59. The van der Waals surface area contributed by atoms with Crippen molar-refractivity contribution in [3.8, 4) is 0 Å². The van der Waals surface area contributed by atoms with Crippen LogP contribution in [0.5, 0.6) is 0 Å². The van der Waals surface area contributed by atoms with Gasteiger partial charge in [0.1, 0.15) is 0 Å². The van der Waals surface area contributed by atoms with E-state index >= 15 is 0 Å². The van der Waals surface area contributed by atoms with Gasteiger partial charge in [0.25, 0.3) is 0 Å². The molecule has 0 atom stereocenters. The Bertz CT molecular complexity index is 216. The number of aryl methyl sites for hydroxylation is 2. The monoisotopic (exact) mass is 180 g/mol. The van der Waals surface area contributed by atoms with E-state index in [2.05, 4.69) is 48.9 Å². The molecule has 0 aliphatic heterocycles. The molecule has 0 heterocycles. The first-order valence-corrected chi connectivity index (χ1v) is 3.90. The van der Waals surface area contributed by atoms with Crippen LogP contribution in [0.25, 0.3) is 0 Å². The van der Waals surface area contributed by atoms with E-state index in [0.717, 1.165) is 0 Å². The molecule has 0 nitrogen and oxygen atoms in total. The van der Waals surface area contributed by atoms with Crippen molar-refractivity contribution in [2.24, 2.45) is 0 Å². The second kappa shape index (κ2) is 2.58. The number of hydrogen-bond acceptors (Lipinski definition) is 0. The molecule has 1 aromatic rings. The maximum absolute atomic E-state index is 2.58. The van der Waals surface area contributed by atoms with Gasteiger partial charge >= 0.3 is 64.4 Å². The molecule has 0 spiro atoms. The van der Waals surface area contributed by atoms with Crippen molar-refractivity contribution in [3.05, 3.63) is 29.3 Å². The van der Waals surface area contributed by atoms with E-state index in [4.69, 9.17) is 0 Å². The van der Waals surface area contributed by atoms with Gasteiger partial charge < -0.3 is 0 Å². The summed E-state index contributed by atoms with van der Waals surface area (Å²) < 4.78 is 1.32. The van der Waals surface area contributed by atoms with Crippen LogP contribution in [0.15, 0.2) is 18.2 Å². The predicted octanol–water partition coefficient (Wildman–Crippen LogP) is 1.10. The second-order valence-corrected chi connectivity index (χ2v) is 3.30. The van der Waals surface area contributed by atoms with Crippen LogP contribution in [-0.2, 0) is 0 Å². The van der Waals surface area contributed by atoms with Crippen molar-refractivity contribution in [1.82, 2.24) is 0 Å². The molecule has 0 N–H and O–H groups in total. The van der Waals surface area contributed by atoms with E-state index in [0.29, 0.717) is 0 Å². The Labute approximate surface area is 64.8 Å². The van der Waals surface area contributed by atoms with Crippen LogP contribution in [0.1, 0.15) is 11.1 Å². The van der Waals surface area contributed by atoms with E-state index in [1.165, 1.54) is 15.5 Å². The fraction of sp³-hybridized carbons (Fsp3) is 0.250. The van der Waals surface area contributed by atoms with Crippen molar-refractivity contribution in [1.29, 1.82) is 0 Å². The third-order valence-corrected chi connectivity index (χ3v) is 2.38. The SMILES string of the molecule is Cc1ccc(C)c([As])c1. The van der Waals surface area contributed by atoms with Crippen LogP contribution in [0, 0.1) is 13.8 Å². The summed E-state index contributed by atoms with van der Waals surface area (Å²) in [5, 5.41) is 0. The molecule has 1 heteroatoms. The van der Waals surface area contributed by atoms with Gasteiger partial charge in [-0.05, 0) is 0 Å². The van der Waals surface area contributed by atoms with Crippen LogP contribution in [0.4, 0.5) is 0 Å². The number of benzene rings is 1. The molecule has 0 saturated heterocycles. The minimum absolute atomic E-state index is 1.32. The van der Waals surface area contributed by atoms with E-state index in [9.17, 15) is 0 Å². The molecular formula is C8H9As. The Hall–Kier alpha value is -0.222. The van der Waals surface area contributed by atoms with Crippen LogP contribution < -0.4 is 4.35 Å². The summed E-state index contributed by atoms with van der Waals surface area (Å²) in [5.41, 5.74) is 2.68. The van der Waals surface area contributed by atoms with Gasteiger partial charge in [-0.1, -0.05) is 0 Å². The first-order valence-electron chi connectivity index (χ1n) is 2.96. The summed E-state index contributed by atoms with van der Waals surface area (Å²) in [4.78, 5) is 0. The summed E-state index contributed by atoms with van der Waals surface area (Å²) in [5.74, 6) is 0. The van der Waals surface area contributed by atoms with Gasteiger partial charge in [-0.2, -0.15) is 0 Å². The molecule has 0 bridgehead atoms. The Morgan fingerprint density at radius 3 is 2.33 bits per heavy atom. The average molecular weight is 180 g/mol. The third-order valence-electron chi connectivity index (χ3n) is 1.36. The molecule has 46 valence electrons. The Kier molecular flexibility index (Phi) is 1.97. The molecule has 1 aromatic carbocycles. The summed E-state index contributed by atoms with van der Waals surface area (Å²) in [6, 6.07) is 6.45. The van der Waals surface area contributed by atoms with Crippen molar-refractivity contribution in [2.45, 2.75) is 13.8 Å². The van der Waals surface area contributed by atoms with Crippen molar-refractivity contribution < 1.29 is 0 Å². The topological polar surface area (TPSA) is 0 Å². The van der Waals surface area contributed by atoms with Crippen LogP contribution in [0.3, 0.4) is 0 Å². The summed E-state index contributed by atoms with van der Waals surface area (Å²) >= 11 is 2.58. The zero-order valence-corrected chi connectivity index (χ0v) is 7.56. The zero-order chi connectivity index (χ0) is 6.85. The van der Waals surface area contributed by atoms with Gasteiger partial charge in [0.05, 0.1) is 0 Å². The number of hydrogen-bond donors (Lipinski definition) is 0. The average Bonchev–Trinajstić information content (AvgIpc) is 1.80. The van der Waals surface area contributed by atoms with Crippen LogP contribution >= 0.6 is 0 Å². The van der Waals surface area contributed by atoms with E-state index in [-0.39, 0.29) is 0 Å². The Morgan fingerprint density at radius 2 is 1.89 bits per heavy atom. The van der Waals surface area contributed by atoms with Crippen molar-refractivity contribution in [3.63, 3.8) is 0 Å². The molecule has 2 radical (unpaired) electrons. The minimum atomic E-state index is 1.32. The van der Waals surface area contributed by atoms with E-state index in [1.807, 2.05) is 0 Å². The first-order chi connectivity index (χ1) is 4.20. The Balaban J connectivity index is 3.17. The second-order valence-electron chi connectivity index (χ2n) is 2.29. The molecule has 0 aromatic heterocycles. The van der Waals surface area contributed by atoms with Gasteiger partial charge in [-0.15, -0.1) is 0 Å². The molecule has 0 fully saturated rings. The molecule has 0 amide bonds. The van der Waals surface area contributed by atoms with Crippen LogP contribution in [0.2, 0.25) is 0 Å². The van der Waals surface area contributed by atoms with Crippen LogP contribution in [-0.4, -0.2) is 16.9 Å². The van der Waals surface area contributed by atoms with E-state index < -0.39 is 0 Å². The summed E-state index contributed by atoms with van der Waals surface area (Å²) in [7, 11) is 0. The molecule has 0 unspecified atom stereocenters. The molecule has 0 saturated carbocycles. The predicted molar refractivity (Wildman–Crippen MR) is 41.3 cm³/mol. The normalized spacial score (nSPS) is 9.67. The molecule has 9 heavy (non-hydrogen) atoms. The fourth-order valence-corrected chi connectivity index (χ4v) is 1.30. The van der Waals surface area contributed by atoms with Gasteiger partial charge in [-0.25, -0.2) is 0 Å². The Morgan fingerprint density at radius 1 is 1.22 bits per heavy atom. The molecule has 1 rings (SSSR count). The quantitative estimate of drug-likeness (QED) is 0.524. The van der Waals surface area contributed by atoms with Crippen molar-refractivity contribution >= 4 is 21.2 Å². The standard InChI is InChI=1S/C8H9As/c1-6-3-4-7(2)8(9)5-6/h3-5H,1-2H3. The van der Waals surface area contributed by atoms with Gasteiger partial charge in [0.2, 0.25) is 0 Å². The zero-order valence-electron chi connectivity index (χ0n) is 5.68. The fourth-order valence-electron chi connectivity index (χ4n) is 0.719. The van der Waals surface area contributed by atoms with Gasteiger partial charge in [-0.3, -0.25) is 0 Å². The van der Waals surface area contributed by atoms with Gasteiger partial charge in [0.15, 0.2) is 0 Å². The first kappa shape index (κ1) is 6.89. The van der Waals surface area contributed by atoms with E-state index in [1.54, 1.807) is 0 Å². The molecule has 0 aliphatic carbocycles. The molecular weight excluding hydrogens is 171 g/mol. The molecule has 0 aliphatic rings. The summed E-state index contributed by atoms with van der Waals surface area (Å²) in [6.07, 6.45) is 0. The van der Waals surface area contributed by atoms with Crippen molar-refractivity contribution in [2.75, 3.05) is 0 Å². The van der Waals surface area contributed by atoms with Gasteiger partial charge in [0, 0.05) is 0 Å².